The molecule has 0 spiro atoms. The van der Waals surface area contributed by atoms with E-state index >= 15 is 0 Å². The first-order valence-electron chi connectivity index (χ1n) is 5.66. The van der Waals surface area contributed by atoms with Gasteiger partial charge in [-0.1, -0.05) is 19.8 Å². The molecule has 0 amide bonds. The molecule has 0 saturated heterocycles. The van der Waals surface area contributed by atoms with Gasteiger partial charge in [-0.25, -0.2) is 4.79 Å². The zero-order chi connectivity index (χ0) is 12.8. The standard InChI is InChI=1S/C11H19N3O2S/c1-4-5-6-7-14(2)10-8(11(15)16-3)9(12)13-17-10/h4-7H2,1-3H3,(H2,12,13). The number of carbonyl (C=O) groups excluding carboxylic acids is 1. The van der Waals surface area contributed by atoms with Gasteiger partial charge in [0.25, 0.3) is 0 Å². The van der Waals surface area contributed by atoms with Crippen molar-refractivity contribution in [1.29, 1.82) is 0 Å². The number of unbranched alkanes of at least 4 members (excludes halogenated alkanes) is 2. The van der Waals surface area contributed by atoms with Crippen LogP contribution in [0.5, 0.6) is 0 Å². The number of nitrogen functional groups attached to an aromatic ring is 1. The van der Waals surface area contributed by atoms with Gasteiger partial charge in [-0.2, -0.15) is 4.37 Å². The Hall–Kier alpha value is -1.30. The molecule has 1 aromatic heterocycles. The Morgan fingerprint density at radius 1 is 1.53 bits per heavy atom. The summed E-state index contributed by atoms with van der Waals surface area (Å²) in [5.41, 5.74) is 6.07. The molecule has 1 rings (SSSR count). The number of aromatic nitrogens is 1. The smallest absolute Gasteiger partial charge is 0.344 e. The maximum absolute atomic E-state index is 11.6. The monoisotopic (exact) mass is 257 g/mol. The van der Waals surface area contributed by atoms with Crippen molar-refractivity contribution in [2.45, 2.75) is 26.2 Å². The van der Waals surface area contributed by atoms with Crippen LogP contribution in [-0.4, -0.2) is 31.0 Å². The number of rotatable bonds is 6. The predicted octanol–water partition coefficient (Wildman–Crippen LogP) is 2.14. The molecular formula is C11H19N3O2S. The number of methoxy groups -OCH3 is 1. The van der Waals surface area contributed by atoms with Crippen LogP contribution in [0.2, 0.25) is 0 Å². The van der Waals surface area contributed by atoms with Gasteiger partial charge in [0.1, 0.15) is 10.6 Å². The third-order valence-electron chi connectivity index (χ3n) is 2.53. The lowest BCUT2D eigenvalue weighted by molar-refractivity contribution is 0.0603. The van der Waals surface area contributed by atoms with E-state index in [2.05, 4.69) is 11.3 Å². The van der Waals surface area contributed by atoms with Gasteiger partial charge < -0.3 is 15.4 Å². The van der Waals surface area contributed by atoms with Crippen LogP contribution in [0.15, 0.2) is 0 Å². The quantitative estimate of drug-likeness (QED) is 0.624. The van der Waals surface area contributed by atoms with Crippen LogP contribution < -0.4 is 10.6 Å². The lowest BCUT2D eigenvalue weighted by Crippen LogP contribution is -2.20. The molecule has 96 valence electrons. The number of hydrogen-bond donors (Lipinski definition) is 1. The first-order chi connectivity index (χ1) is 8.11. The minimum absolute atomic E-state index is 0.249. The predicted molar refractivity (Wildman–Crippen MR) is 70.7 cm³/mol. The Labute approximate surface area is 106 Å². The summed E-state index contributed by atoms with van der Waals surface area (Å²) < 4.78 is 8.72. The number of hydrogen-bond acceptors (Lipinski definition) is 6. The molecule has 0 aliphatic rings. The summed E-state index contributed by atoms with van der Waals surface area (Å²) in [4.78, 5) is 13.6. The molecule has 0 atom stereocenters. The summed E-state index contributed by atoms with van der Waals surface area (Å²) in [5.74, 6) is -0.173. The van der Waals surface area contributed by atoms with E-state index in [4.69, 9.17) is 10.5 Å². The maximum atomic E-state index is 11.6. The zero-order valence-corrected chi connectivity index (χ0v) is 11.3. The molecule has 17 heavy (non-hydrogen) atoms. The van der Waals surface area contributed by atoms with Gasteiger partial charge in [-0.15, -0.1) is 0 Å². The fraction of sp³-hybridized carbons (Fsp3) is 0.636. The highest BCUT2D eigenvalue weighted by Gasteiger charge is 2.22. The fourth-order valence-corrected chi connectivity index (χ4v) is 2.33. The summed E-state index contributed by atoms with van der Waals surface area (Å²) in [6.45, 7) is 3.05. The van der Waals surface area contributed by atoms with Gasteiger partial charge in [-0.3, -0.25) is 0 Å². The molecule has 0 bridgehead atoms. The van der Waals surface area contributed by atoms with Crippen molar-refractivity contribution < 1.29 is 9.53 Å². The summed E-state index contributed by atoms with van der Waals surface area (Å²) >= 11 is 1.24. The second kappa shape index (κ2) is 6.44. The Balaban J connectivity index is 2.79. The lowest BCUT2D eigenvalue weighted by Gasteiger charge is -2.17. The highest BCUT2D eigenvalue weighted by atomic mass is 32.1. The van der Waals surface area contributed by atoms with E-state index in [1.54, 1.807) is 0 Å². The molecule has 0 unspecified atom stereocenters. The Morgan fingerprint density at radius 3 is 2.82 bits per heavy atom. The maximum Gasteiger partial charge on any atom is 0.344 e. The first kappa shape index (κ1) is 13.8. The number of nitrogens with two attached hydrogens (primary N) is 1. The molecule has 0 radical (unpaired) electrons. The van der Waals surface area contributed by atoms with E-state index < -0.39 is 5.97 Å². The molecule has 0 aromatic carbocycles. The average molecular weight is 257 g/mol. The van der Waals surface area contributed by atoms with Crippen LogP contribution in [-0.2, 0) is 4.74 Å². The molecular weight excluding hydrogens is 238 g/mol. The Kier molecular flexibility index (Phi) is 5.21. The SMILES string of the molecule is CCCCCN(C)c1snc(N)c1C(=O)OC. The zero-order valence-electron chi connectivity index (χ0n) is 10.5. The van der Waals surface area contributed by atoms with Crippen molar-refractivity contribution in [2.24, 2.45) is 0 Å². The second-order valence-electron chi connectivity index (χ2n) is 3.87. The van der Waals surface area contributed by atoms with Crippen LogP contribution in [0, 0.1) is 0 Å². The summed E-state index contributed by atoms with van der Waals surface area (Å²) in [6, 6.07) is 0. The van der Waals surface area contributed by atoms with Crippen molar-refractivity contribution in [3.05, 3.63) is 5.56 Å². The van der Waals surface area contributed by atoms with E-state index in [1.165, 1.54) is 31.5 Å². The van der Waals surface area contributed by atoms with E-state index in [-0.39, 0.29) is 5.82 Å². The van der Waals surface area contributed by atoms with Crippen molar-refractivity contribution in [1.82, 2.24) is 4.37 Å². The van der Waals surface area contributed by atoms with Gasteiger partial charge in [-0.05, 0) is 18.0 Å². The number of esters is 1. The number of ether oxygens (including phenoxy) is 1. The number of anilines is 2. The molecule has 5 nitrogen and oxygen atoms in total. The topological polar surface area (TPSA) is 68.5 Å². The highest BCUT2D eigenvalue weighted by Crippen LogP contribution is 2.30. The van der Waals surface area contributed by atoms with Gasteiger partial charge in [0.2, 0.25) is 0 Å². The number of carbonyl (C=O) groups is 1. The first-order valence-corrected chi connectivity index (χ1v) is 6.43. The van der Waals surface area contributed by atoms with Crippen LogP contribution in [0.25, 0.3) is 0 Å². The van der Waals surface area contributed by atoms with Crippen molar-refractivity contribution in [3.8, 4) is 0 Å². The molecule has 0 saturated carbocycles. The van der Waals surface area contributed by atoms with Gasteiger partial charge in [0, 0.05) is 13.6 Å². The van der Waals surface area contributed by atoms with Crippen molar-refractivity contribution in [3.63, 3.8) is 0 Å². The van der Waals surface area contributed by atoms with Crippen LogP contribution in [0.1, 0.15) is 36.5 Å². The highest BCUT2D eigenvalue weighted by molar-refractivity contribution is 7.11. The average Bonchev–Trinajstić information content (AvgIpc) is 2.70. The fourth-order valence-electron chi connectivity index (χ4n) is 1.55. The molecule has 0 aliphatic carbocycles. The third-order valence-corrected chi connectivity index (χ3v) is 3.51. The van der Waals surface area contributed by atoms with Gasteiger partial charge in [0.05, 0.1) is 7.11 Å². The van der Waals surface area contributed by atoms with Crippen LogP contribution in [0.3, 0.4) is 0 Å². The van der Waals surface area contributed by atoms with E-state index in [9.17, 15) is 4.79 Å². The van der Waals surface area contributed by atoms with Gasteiger partial charge in [0.15, 0.2) is 5.82 Å². The van der Waals surface area contributed by atoms with E-state index in [0.717, 1.165) is 18.0 Å². The Morgan fingerprint density at radius 2 is 2.24 bits per heavy atom. The molecule has 0 fully saturated rings. The summed E-state index contributed by atoms with van der Waals surface area (Å²) in [7, 11) is 3.29. The minimum Gasteiger partial charge on any atom is -0.465 e. The second-order valence-corrected chi connectivity index (χ2v) is 4.62. The van der Waals surface area contributed by atoms with Crippen molar-refractivity contribution >= 4 is 28.3 Å². The normalized spacial score (nSPS) is 10.3. The molecule has 0 aliphatic heterocycles. The van der Waals surface area contributed by atoms with Crippen LogP contribution >= 0.6 is 11.5 Å². The molecule has 2 N–H and O–H groups in total. The van der Waals surface area contributed by atoms with Crippen LogP contribution in [0.4, 0.5) is 10.8 Å². The molecule has 1 heterocycles. The molecule has 1 aromatic rings. The van der Waals surface area contributed by atoms with Gasteiger partial charge >= 0.3 is 5.97 Å². The lowest BCUT2D eigenvalue weighted by atomic mass is 10.2. The number of nitrogens with zero attached hydrogens (tertiary/aromatic N) is 2. The third kappa shape index (κ3) is 3.33. The summed E-state index contributed by atoms with van der Waals surface area (Å²) in [5, 5.41) is 0.783. The van der Waals surface area contributed by atoms with Crippen molar-refractivity contribution in [2.75, 3.05) is 31.3 Å². The summed E-state index contributed by atoms with van der Waals surface area (Å²) in [6.07, 6.45) is 3.43. The largest absolute Gasteiger partial charge is 0.465 e. The van der Waals surface area contributed by atoms with E-state index in [0.29, 0.717) is 5.56 Å². The Bertz CT molecular complexity index is 379. The van der Waals surface area contributed by atoms with E-state index in [1.807, 2.05) is 11.9 Å². The molecule has 6 heteroatoms. The minimum atomic E-state index is -0.423.